The normalized spacial score (nSPS) is 14.6. The van der Waals surface area contributed by atoms with E-state index in [1.165, 1.54) is 11.4 Å². The van der Waals surface area contributed by atoms with Crippen LogP contribution in [0.15, 0.2) is 47.4 Å². The number of nitrogens with one attached hydrogen (secondary N) is 1. The number of rotatable bonds is 6. The first-order valence-corrected chi connectivity index (χ1v) is 10.7. The fourth-order valence-electron chi connectivity index (χ4n) is 2.76. The fourth-order valence-corrected chi connectivity index (χ4v) is 4.66. The van der Waals surface area contributed by atoms with Gasteiger partial charge in [-0.15, -0.1) is 0 Å². The molecule has 0 aliphatic heterocycles. The van der Waals surface area contributed by atoms with Crippen molar-refractivity contribution in [3.05, 3.63) is 53.6 Å². The standard InChI is InChI=1S/C18H18N4O3S2/c1-22(27(24,25)16-4-2-3-15-17(16)21-26-20-15)11-12-5-7-13(8-6-12)18(23)19-14-9-10-14/h2-8,14H,9-11H2,1H3,(H,19,23). The zero-order valence-electron chi connectivity index (χ0n) is 14.6. The van der Waals surface area contributed by atoms with E-state index >= 15 is 0 Å². The molecule has 1 N–H and O–H groups in total. The van der Waals surface area contributed by atoms with Gasteiger partial charge in [-0.1, -0.05) is 18.2 Å². The van der Waals surface area contributed by atoms with Gasteiger partial charge in [-0.05, 0) is 42.7 Å². The smallest absolute Gasteiger partial charge is 0.251 e. The van der Waals surface area contributed by atoms with Gasteiger partial charge < -0.3 is 5.32 Å². The summed E-state index contributed by atoms with van der Waals surface area (Å²) in [5.74, 6) is -0.0901. The summed E-state index contributed by atoms with van der Waals surface area (Å²) < 4.78 is 35.4. The minimum Gasteiger partial charge on any atom is -0.349 e. The minimum atomic E-state index is -3.71. The van der Waals surface area contributed by atoms with Crippen molar-refractivity contribution in [1.82, 2.24) is 18.4 Å². The quantitative estimate of drug-likeness (QED) is 0.684. The second kappa shape index (κ2) is 6.99. The average Bonchev–Trinajstić information content (AvgIpc) is 3.34. The van der Waals surface area contributed by atoms with E-state index < -0.39 is 10.0 Å². The maximum atomic E-state index is 13.0. The molecule has 7 nitrogen and oxygen atoms in total. The molecule has 0 unspecified atom stereocenters. The van der Waals surface area contributed by atoms with Crippen molar-refractivity contribution in [3.63, 3.8) is 0 Å². The highest BCUT2D eigenvalue weighted by Gasteiger charge is 2.25. The van der Waals surface area contributed by atoms with Gasteiger partial charge in [0.1, 0.15) is 15.9 Å². The van der Waals surface area contributed by atoms with E-state index in [1.807, 2.05) is 0 Å². The van der Waals surface area contributed by atoms with E-state index in [-0.39, 0.29) is 17.3 Å². The zero-order chi connectivity index (χ0) is 19.0. The number of fused-ring (bicyclic) bond motifs is 1. The maximum absolute atomic E-state index is 13.0. The van der Waals surface area contributed by atoms with Crippen LogP contribution >= 0.6 is 11.7 Å². The topological polar surface area (TPSA) is 92.3 Å². The Morgan fingerprint density at radius 2 is 1.93 bits per heavy atom. The molecule has 0 atom stereocenters. The van der Waals surface area contributed by atoms with Gasteiger partial charge in [0.05, 0.1) is 11.7 Å². The zero-order valence-corrected chi connectivity index (χ0v) is 16.3. The number of carbonyl (C=O) groups is 1. The van der Waals surface area contributed by atoms with E-state index in [9.17, 15) is 13.2 Å². The third-order valence-electron chi connectivity index (χ3n) is 4.47. The lowest BCUT2D eigenvalue weighted by Gasteiger charge is -2.17. The van der Waals surface area contributed by atoms with Crippen molar-refractivity contribution in [2.45, 2.75) is 30.3 Å². The van der Waals surface area contributed by atoms with Gasteiger partial charge >= 0.3 is 0 Å². The van der Waals surface area contributed by atoms with Gasteiger partial charge in [-0.3, -0.25) is 4.79 Å². The van der Waals surface area contributed by atoms with Crippen molar-refractivity contribution in [2.24, 2.45) is 0 Å². The van der Waals surface area contributed by atoms with Crippen molar-refractivity contribution >= 4 is 38.7 Å². The Morgan fingerprint density at radius 3 is 2.63 bits per heavy atom. The van der Waals surface area contributed by atoms with Crippen molar-refractivity contribution in [1.29, 1.82) is 0 Å². The first-order chi connectivity index (χ1) is 12.9. The molecule has 1 saturated carbocycles. The molecule has 1 heterocycles. The van der Waals surface area contributed by atoms with Gasteiger partial charge in [-0.2, -0.15) is 13.1 Å². The monoisotopic (exact) mass is 402 g/mol. The van der Waals surface area contributed by atoms with Gasteiger partial charge in [0.2, 0.25) is 10.0 Å². The minimum absolute atomic E-state index is 0.0901. The molecule has 27 heavy (non-hydrogen) atoms. The Labute approximate surface area is 161 Å². The molecule has 1 aliphatic carbocycles. The number of carbonyl (C=O) groups excluding carboxylic acids is 1. The predicted octanol–water partition coefficient (Wildman–Crippen LogP) is 2.40. The Kier molecular flexibility index (Phi) is 4.67. The third-order valence-corrected chi connectivity index (χ3v) is 6.85. The Bertz CT molecular complexity index is 1090. The summed E-state index contributed by atoms with van der Waals surface area (Å²) in [6.07, 6.45) is 2.07. The number of nitrogens with zero attached hydrogens (tertiary/aromatic N) is 3. The third kappa shape index (κ3) is 3.71. The lowest BCUT2D eigenvalue weighted by Crippen LogP contribution is -2.27. The van der Waals surface area contributed by atoms with E-state index in [4.69, 9.17) is 0 Å². The van der Waals surface area contributed by atoms with E-state index in [1.54, 1.807) is 42.5 Å². The van der Waals surface area contributed by atoms with Crippen LogP contribution in [-0.2, 0) is 16.6 Å². The highest BCUT2D eigenvalue weighted by Crippen LogP contribution is 2.25. The second-order valence-corrected chi connectivity index (χ2v) is 9.14. The van der Waals surface area contributed by atoms with Crippen LogP contribution in [0.2, 0.25) is 0 Å². The molecule has 2 aromatic carbocycles. The number of sulfonamides is 1. The number of hydrogen-bond acceptors (Lipinski definition) is 6. The van der Waals surface area contributed by atoms with Gasteiger partial charge in [0.25, 0.3) is 5.91 Å². The maximum Gasteiger partial charge on any atom is 0.251 e. The van der Waals surface area contributed by atoms with Gasteiger partial charge in [0, 0.05) is 25.2 Å². The van der Waals surface area contributed by atoms with E-state index in [0.717, 1.165) is 30.1 Å². The van der Waals surface area contributed by atoms with E-state index in [2.05, 4.69) is 14.1 Å². The van der Waals surface area contributed by atoms with Crippen LogP contribution in [0, 0.1) is 0 Å². The first kappa shape index (κ1) is 18.0. The Morgan fingerprint density at radius 1 is 1.19 bits per heavy atom. The summed E-state index contributed by atoms with van der Waals surface area (Å²) in [6.45, 7) is 0.195. The van der Waals surface area contributed by atoms with Gasteiger partial charge in [0.15, 0.2) is 0 Å². The highest BCUT2D eigenvalue weighted by atomic mass is 32.2. The highest BCUT2D eigenvalue weighted by molar-refractivity contribution is 7.89. The van der Waals surface area contributed by atoms with Crippen LogP contribution < -0.4 is 5.32 Å². The van der Waals surface area contributed by atoms with Crippen LogP contribution in [0.1, 0.15) is 28.8 Å². The van der Waals surface area contributed by atoms with Gasteiger partial charge in [-0.25, -0.2) is 8.42 Å². The van der Waals surface area contributed by atoms with Crippen LogP contribution in [-0.4, -0.2) is 40.5 Å². The molecule has 0 spiro atoms. The molecule has 1 aliphatic rings. The van der Waals surface area contributed by atoms with Crippen molar-refractivity contribution in [3.8, 4) is 0 Å². The largest absolute Gasteiger partial charge is 0.349 e. The molecule has 140 valence electrons. The summed E-state index contributed by atoms with van der Waals surface area (Å²) in [4.78, 5) is 12.2. The molecular weight excluding hydrogens is 384 g/mol. The lowest BCUT2D eigenvalue weighted by atomic mass is 10.1. The summed E-state index contributed by atoms with van der Waals surface area (Å²) >= 11 is 0.991. The molecule has 9 heteroatoms. The lowest BCUT2D eigenvalue weighted by molar-refractivity contribution is 0.0951. The molecule has 0 bridgehead atoms. The fraction of sp³-hybridized carbons (Fsp3) is 0.278. The molecule has 4 rings (SSSR count). The number of aromatic nitrogens is 2. The molecule has 1 aromatic heterocycles. The first-order valence-electron chi connectivity index (χ1n) is 8.52. The molecule has 1 fully saturated rings. The van der Waals surface area contributed by atoms with Crippen molar-refractivity contribution < 1.29 is 13.2 Å². The summed E-state index contributed by atoms with van der Waals surface area (Å²) in [5.41, 5.74) is 2.34. The van der Waals surface area contributed by atoms with Crippen LogP contribution in [0.4, 0.5) is 0 Å². The molecule has 0 radical (unpaired) electrons. The van der Waals surface area contributed by atoms with E-state index in [0.29, 0.717) is 22.6 Å². The number of benzene rings is 2. The van der Waals surface area contributed by atoms with Crippen LogP contribution in [0.25, 0.3) is 11.0 Å². The summed E-state index contributed by atoms with van der Waals surface area (Å²) in [6, 6.07) is 12.2. The van der Waals surface area contributed by atoms with Crippen LogP contribution in [0.3, 0.4) is 0 Å². The molecule has 0 saturated heterocycles. The Hall–Kier alpha value is -2.36. The molecule has 1 amide bonds. The summed E-state index contributed by atoms with van der Waals surface area (Å²) in [7, 11) is -2.18. The van der Waals surface area contributed by atoms with Crippen molar-refractivity contribution in [2.75, 3.05) is 7.05 Å². The Balaban J connectivity index is 1.51. The number of amides is 1. The molecule has 3 aromatic rings. The summed E-state index contributed by atoms with van der Waals surface area (Å²) in [5, 5.41) is 2.93. The second-order valence-electron chi connectivity index (χ2n) is 6.59. The predicted molar refractivity (Wildman–Crippen MR) is 103 cm³/mol. The number of hydrogen-bond donors (Lipinski definition) is 1. The van der Waals surface area contributed by atoms with Crippen LogP contribution in [0.5, 0.6) is 0 Å². The SMILES string of the molecule is CN(Cc1ccc(C(=O)NC2CC2)cc1)S(=O)(=O)c1cccc2nsnc12. The average molecular weight is 403 g/mol. The molecular formula is C18H18N4O3S2.